The summed E-state index contributed by atoms with van der Waals surface area (Å²) in [6, 6.07) is 3.51. The molecular weight excluding hydrogens is 272 g/mol. The van der Waals surface area contributed by atoms with Crippen LogP contribution in [0.15, 0.2) is 12.1 Å². The van der Waals surface area contributed by atoms with E-state index in [1.807, 2.05) is 13.8 Å². The average molecular weight is 296 g/mol. The Hall–Kier alpha value is -1.95. The summed E-state index contributed by atoms with van der Waals surface area (Å²) in [7, 11) is 4.68. The molecule has 0 unspecified atom stereocenters. The maximum atomic E-state index is 11.8. The summed E-state index contributed by atoms with van der Waals surface area (Å²) >= 11 is 0. The molecule has 6 heteroatoms. The van der Waals surface area contributed by atoms with Crippen LogP contribution >= 0.6 is 0 Å². The number of methoxy groups -OCH3 is 3. The minimum Gasteiger partial charge on any atom is -0.496 e. The number of nitrogens with two attached hydrogens (primary N) is 1. The van der Waals surface area contributed by atoms with Gasteiger partial charge < -0.3 is 25.3 Å². The van der Waals surface area contributed by atoms with Crippen molar-refractivity contribution in [1.82, 2.24) is 5.32 Å². The van der Waals surface area contributed by atoms with Crippen LogP contribution in [0.5, 0.6) is 17.2 Å². The predicted molar refractivity (Wildman–Crippen MR) is 80.8 cm³/mol. The molecule has 0 fully saturated rings. The molecule has 0 radical (unpaired) electrons. The molecule has 6 nitrogen and oxygen atoms in total. The second-order valence-corrected chi connectivity index (χ2v) is 5.46. The summed E-state index contributed by atoms with van der Waals surface area (Å²) in [6.07, 6.45) is 0.253. The summed E-state index contributed by atoms with van der Waals surface area (Å²) < 4.78 is 15.8. The lowest BCUT2D eigenvalue weighted by Gasteiger charge is -2.18. The lowest BCUT2D eigenvalue weighted by molar-refractivity contribution is -0.122. The zero-order valence-electron chi connectivity index (χ0n) is 13.3. The Morgan fingerprint density at radius 2 is 1.62 bits per heavy atom. The maximum Gasteiger partial charge on any atom is 0.222 e. The van der Waals surface area contributed by atoms with Gasteiger partial charge in [0.1, 0.15) is 5.75 Å². The molecule has 0 saturated heterocycles. The van der Waals surface area contributed by atoms with E-state index in [-0.39, 0.29) is 12.3 Å². The fraction of sp³-hybridized carbons (Fsp3) is 0.533. The molecule has 0 aromatic heterocycles. The summed E-state index contributed by atoms with van der Waals surface area (Å²) in [6.45, 7) is 3.95. The largest absolute Gasteiger partial charge is 0.496 e. The Morgan fingerprint density at radius 1 is 1.10 bits per heavy atom. The molecule has 0 heterocycles. The summed E-state index contributed by atoms with van der Waals surface area (Å²) in [5.41, 5.74) is 6.09. The number of carbonyl (C=O) groups excluding carboxylic acids is 1. The molecule has 0 atom stereocenters. The summed E-state index contributed by atoms with van der Waals surface area (Å²) in [5.74, 6) is 1.67. The highest BCUT2D eigenvalue weighted by atomic mass is 16.5. The van der Waals surface area contributed by atoms with E-state index in [1.165, 1.54) is 0 Å². The number of rotatable bonds is 7. The zero-order valence-corrected chi connectivity index (χ0v) is 13.3. The molecule has 118 valence electrons. The van der Waals surface area contributed by atoms with Gasteiger partial charge in [0.15, 0.2) is 11.5 Å². The second-order valence-electron chi connectivity index (χ2n) is 5.46. The van der Waals surface area contributed by atoms with E-state index in [0.29, 0.717) is 23.8 Å². The standard InChI is InChI=1S/C15H24N2O4/c1-15(2,16)8-14(18)17-9-10-6-12(20-4)13(21-5)7-11(10)19-3/h6-7H,8-9,16H2,1-5H3,(H,17,18). The molecule has 0 aliphatic heterocycles. The Labute approximate surface area is 125 Å². The van der Waals surface area contributed by atoms with Crippen molar-refractivity contribution in [1.29, 1.82) is 0 Å². The highest BCUT2D eigenvalue weighted by molar-refractivity contribution is 5.77. The fourth-order valence-electron chi connectivity index (χ4n) is 1.90. The van der Waals surface area contributed by atoms with Crippen molar-refractivity contribution in [2.45, 2.75) is 32.4 Å². The Morgan fingerprint density at radius 3 is 2.10 bits per heavy atom. The maximum absolute atomic E-state index is 11.8. The van der Waals surface area contributed by atoms with E-state index in [1.54, 1.807) is 33.5 Å². The van der Waals surface area contributed by atoms with Crippen LogP contribution < -0.4 is 25.3 Å². The highest BCUT2D eigenvalue weighted by Gasteiger charge is 2.17. The van der Waals surface area contributed by atoms with Crippen LogP contribution in [0.3, 0.4) is 0 Å². The van der Waals surface area contributed by atoms with Gasteiger partial charge in [-0.3, -0.25) is 4.79 Å². The van der Waals surface area contributed by atoms with Gasteiger partial charge >= 0.3 is 0 Å². The molecular formula is C15H24N2O4. The number of ether oxygens (including phenoxy) is 3. The van der Waals surface area contributed by atoms with Crippen molar-refractivity contribution in [3.8, 4) is 17.2 Å². The molecule has 0 spiro atoms. The lowest BCUT2D eigenvalue weighted by atomic mass is 10.0. The van der Waals surface area contributed by atoms with Crippen LogP contribution in [0.1, 0.15) is 25.8 Å². The van der Waals surface area contributed by atoms with Crippen LogP contribution in [-0.2, 0) is 11.3 Å². The third-order valence-electron chi connectivity index (χ3n) is 2.88. The van der Waals surface area contributed by atoms with E-state index in [2.05, 4.69) is 5.32 Å². The topological polar surface area (TPSA) is 82.8 Å². The fourth-order valence-corrected chi connectivity index (χ4v) is 1.90. The highest BCUT2D eigenvalue weighted by Crippen LogP contribution is 2.34. The van der Waals surface area contributed by atoms with Gasteiger partial charge in [0.25, 0.3) is 0 Å². The Kier molecular flexibility index (Phi) is 5.84. The van der Waals surface area contributed by atoms with Gasteiger partial charge in [0.05, 0.1) is 21.3 Å². The van der Waals surface area contributed by atoms with Crippen molar-refractivity contribution in [2.24, 2.45) is 5.73 Å². The molecule has 0 bridgehead atoms. The molecule has 0 aliphatic rings. The van der Waals surface area contributed by atoms with Gasteiger partial charge in [-0.05, 0) is 19.9 Å². The van der Waals surface area contributed by atoms with E-state index in [4.69, 9.17) is 19.9 Å². The van der Waals surface area contributed by atoms with Gasteiger partial charge in [0.2, 0.25) is 5.91 Å². The Bertz CT molecular complexity index is 495. The van der Waals surface area contributed by atoms with Crippen LogP contribution in [0.25, 0.3) is 0 Å². The molecule has 0 saturated carbocycles. The third kappa shape index (κ3) is 5.15. The van der Waals surface area contributed by atoms with E-state index in [9.17, 15) is 4.79 Å². The summed E-state index contributed by atoms with van der Waals surface area (Å²) in [5, 5.41) is 2.82. The number of amides is 1. The van der Waals surface area contributed by atoms with Crippen molar-refractivity contribution in [2.75, 3.05) is 21.3 Å². The number of carbonyl (C=O) groups is 1. The molecule has 1 aromatic rings. The predicted octanol–water partition coefficient (Wildman–Crippen LogP) is 1.46. The van der Waals surface area contributed by atoms with Crippen molar-refractivity contribution in [3.05, 3.63) is 17.7 Å². The third-order valence-corrected chi connectivity index (χ3v) is 2.88. The van der Waals surface area contributed by atoms with E-state index < -0.39 is 5.54 Å². The van der Waals surface area contributed by atoms with Gasteiger partial charge in [-0.15, -0.1) is 0 Å². The monoisotopic (exact) mass is 296 g/mol. The van der Waals surface area contributed by atoms with Crippen molar-refractivity contribution in [3.63, 3.8) is 0 Å². The number of hydrogen-bond donors (Lipinski definition) is 2. The molecule has 3 N–H and O–H groups in total. The van der Waals surface area contributed by atoms with Gasteiger partial charge in [-0.25, -0.2) is 0 Å². The first-order valence-corrected chi connectivity index (χ1v) is 6.65. The molecule has 1 amide bonds. The summed E-state index contributed by atoms with van der Waals surface area (Å²) in [4.78, 5) is 11.8. The van der Waals surface area contributed by atoms with Crippen LogP contribution in [0.4, 0.5) is 0 Å². The normalized spacial score (nSPS) is 11.0. The van der Waals surface area contributed by atoms with Crippen molar-refractivity contribution < 1.29 is 19.0 Å². The van der Waals surface area contributed by atoms with E-state index >= 15 is 0 Å². The first kappa shape index (κ1) is 17.1. The first-order valence-electron chi connectivity index (χ1n) is 6.65. The SMILES string of the molecule is COc1cc(OC)c(OC)cc1CNC(=O)CC(C)(C)N. The number of hydrogen-bond acceptors (Lipinski definition) is 5. The van der Waals surface area contributed by atoms with Crippen LogP contribution in [-0.4, -0.2) is 32.8 Å². The minimum atomic E-state index is -0.536. The van der Waals surface area contributed by atoms with Crippen LogP contribution in [0.2, 0.25) is 0 Å². The lowest BCUT2D eigenvalue weighted by Crippen LogP contribution is -2.38. The molecule has 0 aliphatic carbocycles. The number of benzene rings is 1. The molecule has 1 rings (SSSR count). The number of nitrogens with one attached hydrogen (secondary N) is 1. The zero-order chi connectivity index (χ0) is 16.0. The van der Waals surface area contributed by atoms with Crippen LogP contribution in [0, 0.1) is 0 Å². The van der Waals surface area contributed by atoms with Gasteiger partial charge in [0, 0.05) is 30.1 Å². The van der Waals surface area contributed by atoms with Crippen molar-refractivity contribution >= 4 is 5.91 Å². The molecule has 1 aromatic carbocycles. The molecule has 21 heavy (non-hydrogen) atoms. The van der Waals surface area contributed by atoms with E-state index in [0.717, 1.165) is 5.56 Å². The van der Waals surface area contributed by atoms with Gasteiger partial charge in [-0.1, -0.05) is 0 Å². The quantitative estimate of drug-likeness (QED) is 0.796. The first-order chi connectivity index (χ1) is 9.80. The average Bonchev–Trinajstić information content (AvgIpc) is 2.42. The second kappa shape index (κ2) is 7.17. The Balaban J connectivity index is 2.85. The smallest absolute Gasteiger partial charge is 0.222 e. The van der Waals surface area contributed by atoms with Gasteiger partial charge in [-0.2, -0.15) is 0 Å². The minimum absolute atomic E-state index is 0.112.